The number of hydrogen-bond acceptors (Lipinski definition) is 5. The first-order valence-electron chi connectivity index (χ1n) is 14.2. The van der Waals surface area contributed by atoms with Crippen molar-refractivity contribution in [1.82, 2.24) is 15.2 Å². The Hall–Kier alpha value is -4.31. The molecule has 10 heteroatoms. The Kier molecular flexibility index (Phi) is 9.66. The number of nitrogens with zero attached hydrogens (tertiary/aromatic N) is 2. The smallest absolute Gasteiger partial charge is 0.253 e. The number of benzene rings is 2. The lowest BCUT2D eigenvalue weighted by Crippen LogP contribution is -2.39. The molecule has 3 aromatic rings. The van der Waals surface area contributed by atoms with E-state index in [1.54, 1.807) is 12.1 Å². The van der Waals surface area contributed by atoms with Crippen molar-refractivity contribution in [2.75, 3.05) is 26.2 Å². The summed E-state index contributed by atoms with van der Waals surface area (Å²) in [6.07, 6.45) is 8.16. The second kappa shape index (κ2) is 13.8. The van der Waals surface area contributed by atoms with Crippen LogP contribution in [0.5, 0.6) is 5.88 Å². The molecule has 1 saturated heterocycles. The number of hydrogen-bond donors (Lipinski definition) is 1. The minimum absolute atomic E-state index is 0.115. The van der Waals surface area contributed by atoms with E-state index in [1.165, 1.54) is 49.7 Å². The number of rotatable bonds is 8. The number of piperidine rings is 1. The van der Waals surface area contributed by atoms with E-state index < -0.39 is 41.0 Å². The summed E-state index contributed by atoms with van der Waals surface area (Å²) in [6.45, 7) is 3.44. The van der Waals surface area contributed by atoms with Crippen LogP contribution in [0.2, 0.25) is 0 Å². The van der Waals surface area contributed by atoms with Gasteiger partial charge in [0.1, 0.15) is 6.61 Å². The number of Topliss-reactive ketones (excluding diaryl/α,β-unsaturated/α-hetero) is 1. The molecule has 2 heterocycles. The number of aromatic nitrogens is 1. The molecule has 1 N–H and O–H groups in total. The summed E-state index contributed by atoms with van der Waals surface area (Å²) in [6, 6.07) is 9.19. The standard InChI is InChI=1S/C33H31F4N3O3/c34-27-7-4-21(16-29(27)36)14-24-18-26(19-25(32(24)41)15-22-5-8-28(35)30(37)17-22)39-33(42)23-6-9-31(38-20-23)43-13-12-40-10-2-1-3-11-40/h4-9,14-17,20,26H,1-3,10-13,18-19H2,(H,39,42)/b24-14+,25-15+. The molecule has 43 heavy (non-hydrogen) atoms. The van der Waals surface area contributed by atoms with Crippen LogP contribution in [0.15, 0.2) is 65.9 Å². The van der Waals surface area contributed by atoms with Crippen LogP contribution in [0.1, 0.15) is 53.6 Å². The lowest BCUT2D eigenvalue weighted by atomic mass is 9.83. The van der Waals surface area contributed by atoms with Gasteiger partial charge in [0.2, 0.25) is 5.88 Å². The highest BCUT2D eigenvalue weighted by Gasteiger charge is 2.29. The molecule has 0 bridgehead atoms. The fraction of sp³-hybridized carbons (Fsp3) is 0.303. The Balaban J connectivity index is 1.30. The van der Waals surface area contributed by atoms with Crippen molar-refractivity contribution in [2.24, 2.45) is 0 Å². The van der Waals surface area contributed by atoms with Gasteiger partial charge in [-0.2, -0.15) is 0 Å². The zero-order valence-corrected chi connectivity index (χ0v) is 23.4. The average molecular weight is 594 g/mol. The van der Waals surface area contributed by atoms with Gasteiger partial charge in [-0.05, 0) is 92.4 Å². The molecular formula is C33H31F4N3O3. The summed E-state index contributed by atoms with van der Waals surface area (Å²) in [4.78, 5) is 33.1. The minimum Gasteiger partial charge on any atom is -0.476 e. The van der Waals surface area contributed by atoms with E-state index in [2.05, 4.69) is 15.2 Å². The molecular weight excluding hydrogens is 562 g/mol. The molecule has 1 saturated carbocycles. The SMILES string of the molecule is O=C1/C(=C/c2ccc(F)c(F)c2)CC(NC(=O)c2ccc(OCCN3CCCCC3)nc2)C/C1=C\c1ccc(F)c(F)c1. The van der Waals surface area contributed by atoms with Crippen LogP contribution in [0, 0.1) is 23.3 Å². The Bertz CT molecular complexity index is 1480. The molecule has 0 radical (unpaired) electrons. The second-order valence-corrected chi connectivity index (χ2v) is 10.7. The van der Waals surface area contributed by atoms with Gasteiger partial charge in [-0.3, -0.25) is 14.5 Å². The highest BCUT2D eigenvalue weighted by atomic mass is 19.2. The quantitative estimate of drug-likeness (QED) is 0.251. The third-order valence-electron chi connectivity index (χ3n) is 7.52. The maximum Gasteiger partial charge on any atom is 0.253 e. The molecule has 2 fully saturated rings. The normalized spacial score (nSPS) is 19.5. The topological polar surface area (TPSA) is 71.5 Å². The van der Waals surface area contributed by atoms with Crippen molar-refractivity contribution in [2.45, 2.75) is 38.1 Å². The number of carbonyl (C=O) groups is 2. The molecule has 1 amide bonds. The maximum atomic E-state index is 13.8. The van der Waals surface area contributed by atoms with E-state index in [4.69, 9.17) is 4.74 Å². The first kappa shape index (κ1) is 30.2. The van der Waals surface area contributed by atoms with Crippen molar-refractivity contribution in [3.05, 3.63) is 106 Å². The van der Waals surface area contributed by atoms with Crippen LogP contribution in [0.4, 0.5) is 17.6 Å². The van der Waals surface area contributed by atoms with Gasteiger partial charge in [0.25, 0.3) is 5.91 Å². The largest absolute Gasteiger partial charge is 0.476 e. The van der Waals surface area contributed by atoms with Crippen molar-refractivity contribution in [3.63, 3.8) is 0 Å². The number of pyridine rings is 1. The summed E-state index contributed by atoms with van der Waals surface area (Å²) in [5.74, 6) is -4.58. The summed E-state index contributed by atoms with van der Waals surface area (Å²) in [7, 11) is 0. The van der Waals surface area contributed by atoms with Gasteiger partial charge in [-0.1, -0.05) is 18.6 Å². The van der Waals surface area contributed by atoms with Crippen molar-refractivity contribution in [1.29, 1.82) is 0 Å². The third-order valence-corrected chi connectivity index (χ3v) is 7.52. The minimum atomic E-state index is -1.06. The second-order valence-electron chi connectivity index (χ2n) is 10.7. The molecule has 1 aromatic heterocycles. The van der Waals surface area contributed by atoms with Gasteiger partial charge in [0, 0.05) is 36.0 Å². The Morgan fingerprint density at radius 3 is 2.00 bits per heavy atom. The van der Waals surface area contributed by atoms with Gasteiger partial charge in [-0.15, -0.1) is 0 Å². The fourth-order valence-electron chi connectivity index (χ4n) is 5.28. The van der Waals surface area contributed by atoms with Gasteiger partial charge in [0.05, 0.1) is 5.56 Å². The molecule has 1 aliphatic heterocycles. The highest BCUT2D eigenvalue weighted by molar-refractivity contribution is 6.14. The van der Waals surface area contributed by atoms with Gasteiger partial charge in [0.15, 0.2) is 29.1 Å². The molecule has 0 atom stereocenters. The molecule has 224 valence electrons. The number of nitrogens with one attached hydrogen (secondary N) is 1. The van der Waals surface area contributed by atoms with Gasteiger partial charge < -0.3 is 10.1 Å². The number of ketones is 1. The fourth-order valence-corrected chi connectivity index (χ4v) is 5.28. The van der Waals surface area contributed by atoms with Gasteiger partial charge in [-0.25, -0.2) is 22.5 Å². The van der Waals surface area contributed by atoms with Gasteiger partial charge >= 0.3 is 0 Å². The van der Waals surface area contributed by atoms with Crippen LogP contribution in [-0.4, -0.2) is 53.9 Å². The van der Waals surface area contributed by atoms with E-state index in [0.29, 0.717) is 12.5 Å². The highest BCUT2D eigenvalue weighted by Crippen LogP contribution is 2.29. The molecule has 0 spiro atoms. The lowest BCUT2D eigenvalue weighted by Gasteiger charge is -2.27. The lowest BCUT2D eigenvalue weighted by molar-refractivity contribution is -0.113. The van der Waals surface area contributed by atoms with Crippen LogP contribution < -0.4 is 10.1 Å². The predicted octanol–water partition coefficient (Wildman–Crippen LogP) is 6.13. The molecule has 2 aromatic carbocycles. The van der Waals surface area contributed by atoms with Crippen LogP contribution in [-0.2, 0) is 4.79 Å². The molecule has 0 unspecified atom stereocenters. The van der Waals surface area contributed by atoms with Crippen molar-refractivity contribution >= 4 is 23.8 Å². The molecule has 1 aliphatic carbocycles. The van der Waals surface area contributed by atoms with E-state index >= 15 is 0 Å². The zero-order chi connectivity index (χ0) is 30.3. The van der Waals surface area contributed by atoms with Crippen LogP contribution in [0.3, 0.4) is 0 Å². The number of amides is 1. The van der Waals surface area contributed by atoms with Crippen LogP contribution >= 0.6 is 0 Å². The third kappa shape index (κ3) is 7.95. The summed E-state index contributed by atoms with van der Waals surface area (Å²) >= 11 is 0. The molecule has 6 nitrogen and oxygen atoms in total. The average Bonchev–Trinajstić information content (AvgIpc) is 3.00. The van der Waals surface area contributed by atoms with Crippen LogP contribution in [0.25, 0.3) is 12.2 Å². The summed E-state index contributed by atoms with van der Waals surface area (Å²) in [5.41, 5.74) is 1.31. The first-order chi connectivity index (χ1) is 20.7. The number of ether oxygens (including phenoxy) is 1. The van der Waals surface area contributed by atoms with E-state index in [1.807, 2.05) is 0 Å². The zero-order valence-electron chi connectivity index (χ0n) is 23.4. The van der Waals surface area contributed by atoms with E-state index in [9.17, 15) is 27.2 Å². The number of halogens is 4. The van der Waals surface area contributed by atoms with E-state index in [-0.39, 0.29) is 40.7 Å². The Morgan fingerprint density at radius 2 is 1.47 bits per heavy atom. The van der Waals surface area contributed by atoms with Crippen molar-refractivity contribution in [3.8, 4) is 5.88 Å². The molecule has 5 rings (SSSR count). The Labute approximate surface area is 247 Å². The number of carbonyl (C=O) groups excluding carboxylic acids is 2. The maximum absolute atomic E-state index is 13.8. The van der Waals surface area contributed by atoms with E-state index in [0.717, 1.165) is 43.9 Å². The van der Waals surface area contributed by atoms with Crippen molar-refractivity contribution < 1.29 is 31.9 Å². The predicted molar refractivity (Wildman–Crippen MR) is 154 cm³/mol. The first-order valence-corrected chi connectivity index (χ1v) is 14.2. The Morgan fingerprint density at radius 1 is 0.860 bits per heavy atom. The number of likely N-dealkylation sites (tertiary alicyclic amines) is 1. The summed E-state index contributed by atoms with van der Waals surface area (Å²) in [5, 5.41) is 2.91. The monoisotopic (exact) mass is 593 g/mol. The molecule has 2 aliphatic rings. The summed E-state index contributed by atoms with van der Waals surface area (Å²) < 4.78 is 60.3.